The van der Waals surface area contributed by atoms with Gasteiger partial charge >= 0.3 is 0 Å². The summed E-state index contributed by atoms with van der Waals surface area (Å²) < 4.78 is 19.0. The minimum Gasteiger partial charge on any atom is -0.491 e. The van der Waals surface area contributed by atoms with Crippen molar-refractivity contribution < 1.29 is 9.13 Å². The first-order chi connectivity index (χ1) is 11.8. The fourth-order valence-electron chi connectivity index (χ4n) is 2.89. The van der Waals surface area contributed by atoms with Gasteiger partial charge in [0.1, 0.15) is 24.7 Å². The number of halogens is 1. The van der Waals surface area contributed by atoms with Crippen molar-refractivity contribution in [1.82, 2.24) is 9.38 Å². The van der Waals surface area contributed by atoms with E-state index in [9.17, 15) is 9.18 Å². The molecule has 4 nitrogen and oxygen atoms in total. The van der Waals surface area contributed by atoms with Gasteiger partial charge < -0.3 is 9.72 Å². The molecule has 5 heteroatoms. The standard InChI is InChI=1S/C19H15FN2O2/c20-9-10-24-15-7-5-13(6-8-15)14-11-18-21-16-3-1-2-4-17(16)22(18)19(23)12-14/h1-8,11-12,21H,9-10H2. The summed E-state index contributed by atoms with van der Waals surface area (Å²) in [5.41, 5.74) is 4.17. The van der Waals surface area contributed by atoms with Crippen molar-refractivity contribution in [3.8, 4) is 16.9 Å². The van der Waals surface area contributed by atoms with Gasteiger partial charge in [-0.3, -0.25) is 9.20 Å². The Labute approximate surface area is 137 Å². The lowest BCUT2D eigenvalue weighted by atomic mass is 10.1. The smallest absolute Gasteiger partial charge is 0.257 e. The van der Waals surface area contributed by atoms with E-state index in [1.807, 2.05) is 42.5 Å². The van der Waals surface area contributed by atoms with E-state index in [4.69, 9.17) is 4.74 Å². The quantitative estimate of drug-likeness (QED) is 0.621. The summed E-state index contributed by atoms with van der Waals surface area (Å²) in [6.07, 6.45) is 0. The van der Waals surface area contributed by atoms with Crippen molar-refractivity contribution in [2.24, 2.45) is 0 Å². The minimum absolute atomic E-state index is 0.0434. The van der Waals surface area contributed by atoms with Crippen LogP contribution in [-0.4, -0.2) is 22.7 Å². The van der Waals surface area contributed by atoms with Crippen LogP contribution in [0.4, 0.5) is 4.39 Å². The highest BCUT2D eigenvalue weighted by Crippen LogP contribution is 2.24. The third-order valence-electron chi connectivity index (χ3n) is 3.97. The van der Waals surface area contributed by atoms with Crippen LogP contribution in [0.5, 0.6) is 5.75 Å². The molecule has 0 bridgehead atoms. The molecule has 0 aliphatic carbocycles. The van der Waals surface area contributed by atoms with Crippen molar-refractivity contribution >= 4 is 16.7 Å². The average Bonchev–Trinajstić information content (AvgIpc) is 2.99. The molecule has 0 aliphatic heterocycles. The normalized spacial score (nSPS) is 11.2. The number of para-hydroxylation sites is 2. The number of aromatic amines is 1. The van der Waals surface area contributed by atoms with Crippen LogP contribution in [0.2, 0.25) is 0 Å². The van der Waals surface area contributed by atoms with E-state index in [0.717, 1.165) is 27.8 Å². The van der Waals surface area contributed by atoms with Crippen molar-refractivity contribution in [3.05, 3.63) is 71.0 Å². The van der Waals surface area contributed by atoms with Crippen LogP contribution in [0, 0.1) is 0 Å². The van der Waals surface area contributed by atoms with Gasteiger partial charge in [-0.05, 0) is 41.5 Å². The minimum atomic E-state index is -0.518. The molecule has 2 aromatic carbocycles. The van der Waals surface area contributed by atoms with Gasteiger partial charge in [-0.25, -0.2) is 4.39 Å². The van der Waals surface area contributed by atoms with E-state index in [1.165, 1.54) is 0 Å². The highest BCUT2D eigenvalue weighted by molar-refractivity contribution is 5.82. The average molecular weight is 322 g/mol. The molecular weight excluding hydrogens is 307 g/mol. The number of nitrogens with zero attached hydrogens (tertiary/aromatic N) is 1. The van der Waals surface area contributed by atoms with Crippen LogP contribution in [0.1, 0.15) is 0 Å². The second-order valence-electron chi connectivity index (χ2n) is 5.51. The Morgan fingerprint density at radius 1 is 1.00 bits per heavy atom. The molecule has 2 heterocycles. The zero-order valence-corrected chi connectivity index (χ0v) is 12.8. The van der Waals surface area contributed by atoms with Crippen LogP contribution < -0.4 is 10.3 Å². The maximum Gasteiger partial charge on any atom is 0.257 e. The molecule has 2 aromatic heterocycles. The van der Waals surface area contributed by atoms with Gasteiger partial charge in [0, 0.05) is 6.07 Å². The summed E-state index contributed by atoms with van der Waals surface area (Å²) in [6.45, 7) is -0.475. The number of imidazole rings is 1. The van der Waals surface area contributed by atoms with E-state index in [0.29, 0.717) is 5.75 Å². The van der Waals surface area contributed by atoms with Gasteiger partial charge in [0.05, 0.1) is 11.0 Å². The van der Waals surface area contributed by atoms with Gasteiger partial charge in [0.15, 0.2) is 0 Å². The number of pyridine rings is 1. The number of benzene rings is 2. The predicted octanol–water partition coefficient (Wildman–Crippen LogP) is 3.80. The van der Waals surface area contributed by atoms with Gasteiger partial charge in [-0.1, -0.05) is 24.3 Å². The number of fused-ring (bicyclic) bond motifs is 3. The van der Waals surface area contributed by atoms with Crippen LogP contribution in [0.15, 0.2) is 65.5 Å². The molecule has 4 rings (SSSR count). The Morgan fingerprint density at radius 3 is 2.58 bits per heavy atom. The van der Waals surface area contributed by atoms with Gasteiger partial charge in [0.2, 0.25) is 0 Å². The second-order valence-corrected chi connectivity index (χ2v) is 5.51. The molecule has 0 amide bonds. The number of aromatic nitrogens is 2. The molecule has 120 valence electrons. The largest absolute Gasteiger partial charge is 0.491 e. The fraction of sp³-hybridized carbons (Fsp3) is 0.105. The monoisotopic (exact) mass is 322 g/mol. The SMILES string of the molecule is O=c1cc(-c2ccc(OCCF)cc2)cc2[nH]c3ccccc3n12. The van der Waals surface area contributed by atoms with Crippen molar-refractivity contribution in [2.75, 3.05) is 13.3 Å². The summed E-state index contributed by atoms with van der Waals surface area (Å²) in [4.78, 5) is 15.8. The molecule has 0 unspecified atom stereocenters. The number of hydrogen-bond donors (Lipinski definition) is 1. The highest BCUT2D eigenvalue weighted by Gasteiger charge is 2.08. The molecule has 0 spiro atoms. The summed E-state index contributed by atoms with van der Waals surface area (Å²) in [6, 6.07) is 18.5. The summed E-state index contributed by atoms with van der Waals surface area (Å²) in [5.74, 6) is 0.611. The maximum atomic E-state index is 12.5. The lowest BCUT2D eigenvalue weighted by Gasteiger charge is -2.06. The zero-order chi connectivity index (χ0) is 16.5. The number of rotatable bonds is 4. The maximum absolute atomic E-state index is 12.5. The first kappa shape index (κ1) is 14.5. The Bertz CT molecular complexity index is 1060. The van der Waals surface area contributed by atoms with Gasteiger partial charge in [0.25, 0.3) is 5.56 Å². The van der Waals surface area contributed by atoms with Crippen molar-refractivity contribution in [1.29, 1.82) is 0 Å². The molecule has 0 aliphatic rings. The van der Waals surface area contributed by atoms with E-state index in [2.05, 4.69) is 4.98 Å². The fourth-order valence-corrected chi connectivity index (χ4v) is 2.89. The topological polar surface area (TPSA) is 46.5 Å². The number of nitrogens with one attached hydrogen (secondary N) is 1. The molecule has 0 atom stereocenters. The van der Waals surface area contributed by atoms with Gasteiger partial charge in [-0.2, -0.15) is 0 Å². The summed E-state index contributed by atoms with van der Waals surface area (Å²) in [7, 11) is 0. The zero-order valence-electron chi connectivity index (χ0n) is 12.8. The highest BCUT2D eigenvalue weighted by atomic mass is 19.1. The van der Waals surface area contributed by atoms with E-state index in [-0.39, 0.29) is 12.2 Å². The molecule has 0 saturated carbocycles. The predicted molar refractivity (Wildman–Crippen MR) is 92.4 cm³/mol. The van der Waals surface area contributed by atoms with Crippen LogP contribution >= 0.6 is 0 Å². The Kier molecular flexibility index (Phi) is 3.54. The Balaban J connectivity index is 1.80. The molecule has 4 aromatic rings. The summed E-state index contributed by atoms with van der Waals surface area (Å²) in [5, 5.41) is 0. The lowest BCUT2D eigenvalue weighted by molar-refractivity contribution is 0.273. The molecule has 0 fully saturated rings. The van der Waals surface area contributed by atoms with E-state index < -0.39 is 6.67 Å². The van der Waals surface area contributed by atoms with Crippen molar-refractivity contribution in [3.63, 3.8) is 0 Å². The van der Waals surface area contributed by atoms with E-state index >= 15 is 0 Å². The number of H-pyrrole nitrogens is 1. The molecular formula is C19H15FN2O2. The number of ether oxygens (including phenoxy) is 1. The first-order valence-corrected chi connectivity index (χ1v) is 7.69. The first-order valence-electron chi connectivity index (χ1n) is 7.69. The van der Waals surface area contributed by atoms with Crippen LogP contribution in [0.3, 0.4) is 0 Å². The Hall–Kier alpha value is -3.08. The molecule has 0 saturated heterocycles. The lowest BCUT2D eigenvalue weighted by Crippen LogP contribution is -2.11. The molecule has 0 radical (unpaired) electrons. The summed E-state index contributed by atoms with van der Waals surface area (Å²) >= 11 is 0. The third-order valence-corrected chi connectivity index (χ3v) is 3.97. The number of alkyl halides is 1. The molecule has 1 N–H and O–H groups in total. The third kappa shape index (κ3) is 2.44. The molecule has 24 heavy (non-hydrogen) atoms. The van der Waals surface area contributed by atoms with Crippen molar-refractivity contribution in [2.45, 2.75) is 0 Å². The van der Waals surface area contributed by atoms with Crippen LogP contribution in [0.25, 0.3) is 27.8 Å². The second kappa shape index (κ2) is 5.85. The Morgan fingerprint density at radius 2 is 1.79 bits per heavy atom. The van der Waals surface area contributed by atoms with Crippen LogP contribution in [-0.2, 0) is 0 Å². The van der Waals surface area contributed by atoms with E-state index in [1.54, 1.807) is 22.6 Å². The van der Waals surface area contributed by atoms with Gasteiger partial charge in [-0.15, -0.1) is 0 Å². The number of hydrogen-bond acceptors (Lipinski definition) is 2.